The van der Waals surface area contributed by atoms with Gasteiger partial charge in [-0.3, -0.25) is 4.79 Å². The number of para-hydroxylation sites is 1. The lowest BCUT2D eigenvalue weighted by atomic mass is 10.1. The summed E-state index contributed by atoms with van der Waals surface area (Å²) in [6, 6.07) is 15.9. The number of esters is 1. The summed E-state index contributed by atoms with van der Waals surface area (Å²) in [5.41, 5.74) is 1.12. The summed E-state index contributed by atoms with van der Waals surface area (Å²) in [7, 11) is 0. The van der Waals surface area contributed by atoms with Gasteiger partial charge in [-0.1, -0.05) is 42.5 Å². The molecule has 0 amide bonds. The minimum atomic E-state index is -0.901. The molecule has 0 saturated heterocycles. The van der Waals surface area contributed by atoms with Crippen LogP contribution < -0.4 is 4.74 Å². The van der Waals surface area contributed by atoms with E-state index in [0.29, 0.717) is 16.9 Å². The molecule has 1 atom stereocenters. The molecule has 22 heavy (non-hydrogen) atoms. The van der Waals surface area contributed by atoms with Gasteiger partial charge in [0.15, 0.2) is 5.78 Å². The average molecular weight is 298 g/mol. The van der Waals surface area contributed by atoms with Crippen LogP contribution >= 0.6 is 0 Å². The van der Waals surface area contributed by atoms with Crippen molar-refractivity contribution in [3.05, 3.63) is 65.7 Å². The third-order valence-electron chi connectivity index (χ3n) is 3.11. The molecule has 0 fully saturated rings. The van der Waals surface area contributed by atoms with E-state index in [1.165, 1.54) is 6.92 Å². The maximum absolute atomic E-state index is 12.2. The van der Waals surface area contributed by atoms with Crippen LogP contribution in [-0.2, 0) is 9.53 Å². The van der Waals surface area contributed by atoms with Crippen molar-refractivity contribution in [1.82, 2.24) is 0 Å². The maximum atomic E-state index is 12.2. The number of benzene rings is 2. The Labute approximate surface area is 129 Å². The van der Waals surface area contributed by atoms with Crippen molar-refractivity contribution in [1.29, 1.82) is 0 Å². The summed E-state index contributed by atoms with van der Waals surface area (Å²) >= 11 is 0. The van der Waals surface area contributed by atoms with Gasteiger partial charge >= 0.3 is 5.97 Å². The number of rotatable bonds is 6. The van der Waals surface area contributed by atoms with E-state index in [2.05, 4.69) is 0 Å². The Morgan fingerprint density at radius 3 is 2.27 bits per heavy atom. The second-order valence-electron chi connectivity index (χ2n) is 4.71. The van der Waals surface area contributed by atoms with E-state index >= 15 is 0 Å². The van der Waals surface area contributed by atoms with Crippen molar-refractivity contribution in [2.45, 2.75) is 20.0 Å². The molecule has 2 aromatic rings. The van der Waals surface area contributed by atoms with Gasteiger partial charge in [0, 0.05) is 5.56 Å². The Morgan fingerprint density at radius 1 is 1.00 bits per heavy atom. The molecule has 0 aliphatic carbocycles. The first kappa shape index (κ1) is 15.8. The van der Waals surface area contributed by atoms with Crippen molar-refractivity contribution in [2.24, 2.45) is 0 Å². The highest BCUT2D eigenvalue weighted by atomic mass is 16.6. The summed E-state index contributed by atoms with van der Waals surface area (Å²) in [5.74, 6) is -0.227. The second kappa shape index (κ2) is 7.41. The lowest BCUT2D eigenvalue weighted by molar-refractivity contribution is -0.151. The molecule has 0 aliphatic rings. The Kier molecular flexibility index (Phi) is 5.31. The minimum Gasteiger partial charge on any atom is -0.473 e. The van der Waals surface area contributed by atoms with Crippen LogP contribution in [0.4, 0.5) is 0 Å². The SMILES string of the molecule is CCOC(=O)C(Oc1ccccc1C(C)=O)c1ccccc1. The third kappa shape index (κ3) is 3.73. The predicted octanol–water partition coefficient (Wildman–Crippen LogP) is 3.57. The summed E-state index contributed by atoms with van der Waals surface area (Å²) in [6.45, 7) is 3.47. The molecule has 0 aliphatic heterocycles. The van der Waals surface area contributed by atoms with E-state index < -0.39 is 12.1 Å². The molecule has 0 aromatic heterocycles. The molecule has 4 nitrogen and oxygen atoms in total. The first-order valence-electron chi connectivity index (χ1n) is 7.11. The van der Waals surface area contributed by atoms with Gasteiger partial charge in [0.2, 0.25) is 6.10 Å². The van der Waals surface area contributed by atoms with E-state index in [1.807, 2.05) is 18.2 Å². The Balaban J connectivity index is 2.35. The van der Waals surface area contributed by atoms with Crippen LogP contribution in [0.25, 0.3) is 0 Å². The molecule has 114 valence electrons. The van der Waals surface area contributed by atoms with Crippen molar-refractivity contribution in [2.75, 3.05) is 6.61 Å². The molecule has 0 spiro atoms. The summed E-state index contributed by atoms with van der Waals surface area (Å²) < 4.78 is 10.9. The molecule has 0 saturated carbocycles. The van der Waals surface area contributed by atoms with Crippen molar-refractivity contribution >= 4 is 11.8 Å². The molecule has 4 heteroatoms. The van der Waals surface area contributed by atoms with Gasteiger partial charge in [0.05, 0.1) is 12.2 Å². The highest BCUT2D eigenvalue weighted by Gasteiger charge is 2.25. The molecule has 2 rings (SSSR count). The fourth-order valence-electron chi connectivity index (χ4n) is 2.09. The number of carbonyl (C=O) groups excluding carboxylic acids is 2. The van der Waals surface area contributed by atoms with Crippen LogP contribution in [0, 0.1) is 0 Å². The van der Waals surface area contributed by atoms with Gasteiger partial charge in [0.1, 0.15) is 5.75 Å². The molecular weight excluding hydrogens is 280 g/mol. The second-order valence-corrected chi connectivity index (χ2v) is 4.71. The smallest absolute Gasteiger partial charge is 0.352 e. The fraction of sp³-hybridized carbons (Fsp3) is 0.222. The first-order valence-corrected chi connectivity index (χ1v) is 7.11. The van der Waals surface area contributed by atoms with Gasteiger partial charge in [-0.25, -0.2) is 4.79 Å². The Bertz CT molecular complexity index is 649. The van der Waals surface area contributed by atoms with Crippen molar-refractivity contribution < 1.29 is 19.1 Å². The highest BCUT2D eigenvalue weighted by Crippen LogP contribution is 2.26. The van der Waals surface area contributed by atoms with E-state index in [4.69, 9.17) is 9.47 Å². The van der Waals surface area contributed by atoms with Gasteiger partial charge < -0.3 is 9.47 Å². The standard InChI is InChI=1S/C18H18O4/c1-3-21-18(20)17(14-9-5-4-6-10-14)22-16-12-8-7-11-15(16)13(2)19/h4-12,17H,3H2,1-2H3. The van der Waals surface area contributed by atoms with Crippen LogP contribution in [0.5, 0.6) is 5.75 Å². The average Bonchev–Trinajstić information content (AvgIpc) is 2.53. The van der Waals surface area contributed by atoms with Gasteiger partial charge in [-0.2, -0.15) is 0 Å². The monoisotopic (exact) mass is 298 g/mol. The van der Waals surface area contributed by atoms with E-state index in [0.717, 1.165) is 0 Å². The molecule has 2 aromatic carbocycles. The fourth-order valence-corrected chi connectivity index (χ4v) is 2.09. The molecule has 0 radical (unpaired) electrons. The van der Waals surface area contributed by atoms with Crippen LogP contribution in [0.2, 0.25) is 0 Å². The first-order chi connectivity index (χ1) is 10.6. The number of carbonyl (C=O) groups is 2. The summed E-state index contributed by atoms with van der Waals surface area (Å²) in [6.07, 6.45) is -0.901. The van der Waals surface area contributed by atoms with E-state index in [9.17, 15) is 9.59 Å². The topological polar surface area (TPSA) is 52.6 Å². The van der Waals surface area contributed by atoms with Crippen LogP contribution in [0.15, 0.2) is 54.6 Å². The number of hydrogen-bond acceptors (Lipinski definition) is 4. The summed E-state index contributed by atoms with van der Waals surface area (Å²) in [5, 5.41) is 0. The predicted molar refractivity (Wildman–Crippen MR) is 82.9 cm³/mol. The van der Waals surface area contributed by atoms with Crippen LogP contribution in [0.3, 0.4) is 0 Å². The number of Topliss-reactive ketones (excluding diaryl/α,β-unsaturated/α-hetero) is 1. The number of ether oxygens (including phenoxy) is 2. The van der Waals surface area contributed by atoms with Crippen molar-refractivity contribution in [3.63, 3.8) is 0 Å². The molecule has 0 N–H and O–H groups in total. The Hall–Kier alpha value is -2.62. The zero-order valence-corrected chi connectivity index (χ0v) is 12.6. The zero-order chi connectivity index (χ0) is 15.9. The van der Waals surface area contributed by atoms with E-state index in [1.54, 1.807) is 43.3 Å². The zero-order valence-electron chi connectivity index (χ0n) is 12.6. The quantitative estimate of drug-likeness (QED) is 0.604. The third-order valence-corrected chi connectivity index (χ3v) is 3.11. The van der Waals surface area contributed by atoms with E-state index in [-0.39, 0.29) is 12.4 Å². The Morgan fingerprint density at radius 2 is 1.64 bits per heavy atom. The lowest BCUT2D eigenvalue weighted by Crippen LogP contribution is -2.22. The normalized spacial score (nSPS) is 11.5. The van der Waals surface area contributed by atoms with Gasteiger partial charge in [0.25, 0.3) is 0 Å². The van der Waals surface area contributed by atoms with Crippen molar-refractivity contribution in [3.8, 4) is 5.75 Å². The largest absolute Gasteiger partial charge is 0.473 e. The summed E-state index contributed by atoms with van der Waals surface area (Å²) in [4.78, 5) is 23.9. The molecular formula is C18H18O4. The van der Waals surface area contributed by atoms with Gasteiger partial charge in [-0.15, -0.1) is 0 Å². The molecule has 1 unspecified atom stereocenters. The molecule has 0 bridgehead atoms. The lowest BCUT2D eigenvalue weighted by Gasteiger charge is -2.19. The van der Waals surface area contributed by atoms with Crippen LogP contribution in [-0.4, -0.2) is 18.4 Å². The number of ketones is 1. The molecule has 0 heterocycles. The maximum Gasteiger partial charge on any atom is 0.352 e. The van der Waals surface area contributed by atoms with Crippen LogP contribution in [0.1, 0.15) is 35.9 Å². The minimum absolute atomic E-state index is 0.119. The highest BCUT2D eigenvalue weighted by molar-refractivity contribution is 5.96. The number of hydrogen-bond donors (Lipinski definition) is 0. The van der Waals surface area contributed by atoms with Gasteiger partial charge in [-0.05, 0) is 26.0 Å².